The number of nitrogens with one attached hydrogen (secondary N) is 2. The summed E-state index contributed by atoms with van der Waals surface area (Å²) in [6.45, 7) is 0. The van der Waals surface area contributed by atoms with Gasteiger partial charge < -0.3 is 10.6 Å². The normalized spacial score (nSPS) is 10.5. The van der Waals surface area contributed by atoms with Crippen LogP contribution in [-0.2, 0) is 9.05 Å². The summed E-state index contributed by atoms with van der Waals surface area (Å²) in [6, 6.07) is 6.71. The van der Waals surface area contributed by atoms with E-state index in [4.69, 9.17) is 22.3 Å². The molecule has 0 atom stereocenters. The number of hydrogen-bond acceptors (Lipinski definition) is 4. The third-order valence-corrected chi connectivity index (χ3v) is 4.18. The first-order chi connectivity index (χ1) is 9.86. The molecule has 0 saturated carbocycles. The molecule has 0 unspecified atom stereocenters. The Hall–Kier alpha value is -1.54. The monoisotopic (exact) mass is 381 g/mol. The third kappa shape index (κ3) is 5.03. The number of amides is 2. The standard InChI is InChI=1S/C12H9Cl2N3O3S.ClH/c13-10-6-8(3-4-11(10)21(14,19)20)16-12(18)17-9-2-1-5-15-7-9;/h1-7H,(H2,16,17,18);1H. The van der Waals surface area contributed by atoms with Crippen LogP contribution in [-0.4, -0.2) is 19.4 Å². The van der Waals surface area contributed by atoms with E-state index in [9.17, 15) is 13.2 Å². The second-order valence-corrected chi connectivity index (χ2v) is 6.85. The van der Waals surface area contributed by atoms with Gasteiger partial charge in [0.1, 0.15) is 4.90 Å². The minimum absolute atomic E-state index is 0. The van der Waals surface area contributed by atoms with Crippen LogP contribution in [0.1, 0.15) is 0 Å². The SMILES string of the molecule is Cl.O=C(Nc1cccnc1)Nc1ccc(S(=O)(=O)Cl)c(Cl)c1. The molecular formula is C12H10Cl3N3O3S. The van der Waals surface area contributed by atoms with Crippen LogP contribution in [0, 0.1) is 0 Å². The number of rotatable bonds is 3. The van der Waals surface area contributed by atoms with Crippen molar-refractivity contribution in [2.75, 3.05) is 10.6 Å². The number of nitrogens with zero attached hydrogens (tertiary/aromatic N) is 1. The van der Waals surface area contributed by atoms with E-state index < -0.39 is 15.1 Å². The van der Waals surface area contributed by atoms with E-state index in [1.807, 2.05) is 0 Å². The van der Waals surface area contributed by atoms with E-state index in [1.165, 1.54) is 24.4 Å². The van der Waals surface area contributed by atoms with Crippen LogP contribution in [0.3, 0.4) is 0 Å². The predicted molar refractivity (Wildman–Crippen MR) is 88.6 cm³/mol. The van der Waals surface area contributed by atoms with Gasteiger partial charge in [0, 0.05) is 22.6 Å². The van der Waals surface area contributed by atoms with E-state index in [1.54, 1.807) is 18.3 Å². The Bertz CT molecular complexity index is 770. The fourth-order valence-corrected chi connectivity index (χ4v) is 3.04. The molecule has 1 heterocycles. The number of benzene rings is 1. The van der Waals surface area contributed by atoms with Gasteiger partial charge in [-0.3, -0.25) is 4.98 Å². The molecule has 10 heteroatoms. The Labute approximate surface area is 142 Å². The molecule has 0 bridgehead atoms. The van der Waals surface area contributed by atoms with Crippen LogP contribution < -0.4 is 10.6 Å². The molecule has 1 aromatic heterocycles. The molecule has 0 fully saturated rings. The van der Waals surface area contributed by atoms with E-state index in [0.717, 1.165) is 0 Å². The van der Waals surface area contributed by atoms with Crippen LogP contribution in [0.5, 0.6) is 0 Å². The first-order valence-electron chi connectivity index (χ1n) is 5.58. The average Bonchev–Trinajstić information content (AvgIpc) is 2.38. The zero-order chi connectivity index (χ0) is 15.5. The largest absolute Gasteiger partial charge is 0.323 e. The second kappa shape index (κ2) is 7.64. The van der Waals surface area contributed by atoms with Gasteiger partial charge in [0.15, 0.2) is 0 Å². The van der Waals surface area contributed by atoms with Gasteiger partial charge in [-0.1, -0.05) is 11.6 Å². The molecule has 0 aliphatic heterocycles. The molecule has 2 aromatic rings. The summed E-state index contributed by atoms with van der Waals surface area (Å²) in [6.07, 6.45) is 3.06. The Morgan fingerprint density at radius 2 is 1.82 bits per heavy atom. The fraction of sp³-hybridized carbons (Fsp3) is 0. The lowest BCUT2D eigenvalue weighted by Gasteiger charge is -2.08. The second-order valence-electron chi connectivity index (χ2n) is 3.90. The maximum absolute atomic E-state index is 11.7. The zero-order valence-corrected chi connectivity index (χ0v) is 13.9. The Morgan fingerprint density at radius 3 is 2.36 bits per heavy atom. The first kappa shape index (κ1) is 18.5. The Kier molecular flexibility index (Phi) is 6.43. The number of aromatic nitrogens is 1. The highest BCUT2D eigenvalue weighted by Gasteiger charge is 2.15. The summed E-state index contributed by atoms with van der Waals surface area (Å²) in [5.41, 5.74) is 0.839. The molecule has 118 valence electrons. The lowest BCUT2D eigenvalue weighted by molar-refractivity contribution is 0.262. The Morgan fingerprint density at radius 1 is 1.14 bits per heavy atom. The number of carbonyl (C=O) groups excluding carboxylic acids is 1. The molecule has 0 saturated heterocycles. The van der Waals surface area contributed by atoms with E-state index in [-0.39, 0.29) is 22.3 Å². The first-order valence-corrected chi connectivity index (χ1v) is 8.27. The molecule has 2 N–H and O–H groups in total. The lowest BCUT2D eigenvalue weighted by atomic mass is 10.3. The highest BCUT2D eigenvalue weighted by atomic mass is 35.7. The summed E-state index contributed by atoms with van der Waals surface area (Å²) in [5.74, 6) is 0. The number of pyridine rings is 1. The summed E-state index contributed by atoms with van der Waals surface area (Å²) in [4.78, 5) is 15.4. The van der Waals surface area contributed by atoms with Crippen molar-refractivity contribution in [3.05, 3.63) is 47.7 Å². The summed E-state index contributed by atoms with van der Waals surface area (Å²) in [5, 5.41) is 4.99. The smallest absolute Gasteiger partial charge is 0.308 e. The minimum Gasteiger partial charge on any atom is -0.308 e. The van der Waals surface area contributed by atoms with Crippen molar-refractivity contribution in [3.63, 3.8) is 0 Å². The summed E-state index contributed by atoms with van der Waals surface area (Å²) < 4.78 is 22.4. The molecule has 22 heavy (non-hydrogen) atoms. The maximum Gasteiger partial charge on any atom is 0.323 e. The van der Waals surface area contributed by atoms with E-state index in [0.29, 0.717) is 11.4 Å². The van der Waals surface area contributed by atoms with Crippen LogP contribution in [0.15, 0.2) is 47.6 Å². The molecule has 0 radical (unpaired) electrons. The van der Waals surface area contributed by atoms with Gasteiger partial charge in [-0.15, -0.1) is 12.4 Å². The summed E-state index contributed by atoms with van der Waals surface area (Å²) in [7, 11) is 1.29. The van der Waals surface area contributed by atoms with Crippen LogP contribution in [0.2, 0.25) is 5.02 Å². The van der Waals surface area contributed by atoms with Crippen LogP contribution in [0.4, 0.5) is 16.2 Å². The highest BCUT2D eigenvalue weighted by molar-refractivity contribution is 8.13. The molecule has 0 spiro atoms. The van der Waals surface area contributed by atoms with Gasteiger partial charge >= 0.3 is 6.03 Å². The van der Waals surface area contributed by atoms with Gasteiger partial charge in [0.25, 0.3) is 9.05 Å². The van der Waals surface area contributed by atoms with Gasteiger partial charge in [-0.25, -0.2) is 13.2 Å². The van der Waals surface area contributed by atoms with Crippen molar-refractivity contribution in [2.24, 2.45) is 0 Å². The fourth-order valence-electron chi connectivity index (χ4n) is 1.51. The molecule has 6 nitrogen and oxygen atoms in total. The molecule has 0 aliphatic rings. The molecule has 2 amide bonds. The molecule has 1 aromatic carbocycles. The maximum atomic E-state index is 11.7. The third-order valence-electron chi connectivity index (χ3n) is 2.37. The van der Waals surface area contributed by atoms with Crippen molar-refractivity contribution >= 4 is 61.1 Å². The van der Waals surface area contributed by atoms with Gasteiger partial charge in [-0.05, 0) is 30.3 Å². The predicted octanol–water partition coefficient (Wildman–Crippen LogP) is 3.73. The molecule has 0 aliphatic carbocycles. The molecular weight excluding hydrogens is 373 g/mol. The topological polar surface area (TPSA) is 88.2 Å². The number of carbonyl (C=O) groups is 1. The minimum atomic E-state index is -3.92. The average molecular weight is 383 g/mol. The molecule has 2 rings (SSSR count). The van der Waals surface area contributed by atoms with Gasteiger partial charge in [0.05, 0.1) is 16.9 Å². The van der Waals surface area contributed by atoms with Gasteiger partial charge in [-0.2, -0.15) is 0 Å². The van der Waals surface area contributed by atoms with Crippen molar-refractivity contribution in [3.8, 4) is 0 Å². The quantitative estimate of drug-likeness (QED) is 0.792. The van der Waals surface area contributed by atoms with Gasteiger partial charge in [0.2, 0.25) is 0 Å². The van der Waals surface area contributed by atoms with Crippen molar-refractivity contribution in [1.82, 2.24) is 4.98 Å². The summed E-state index contributed by atoms with van der Waals surface area (Å²) >= 11 is 5.81. The van der Waals surface area contributed by atoms with E-state index >= 15 is 0 Å². The number of hydrogen-bond donors (Lipinski definition) is 2. The van der Waals surface area contributed by atoms with Crippen molar-refractivity contribution in [2.45, 2.75) is 4.90 Å². The van der Waals surface area contributed by atoms with Crippen molar-refractivity contribution in [1.29, 1.82) is 0 Å². The zero-order valence-electron chi connectivity index (χ0n) is 10.8. The number of urea groups is 1. The van der Waals surface area contributed by atoms with Crippen LogP contribution in [0.25, 0.3) is 0 Å². The van der Waals surface area contributed by atoms with Crippen LogP contribution >= 0.6 is 34.7 Å². The number of halogens is 3. The van der Waals surface area contributed by atoms with E-state index in [2.05, 4.69) is 15.6 Å². The highest BCUT2D eigenvalue weighted by Crippen LogP contribution is 2.27. The number of anilines is 2. The Balaban J connectivity index is 0.00000242. The van der Waals surface area contributed by atoms with Crippen molar-refractivity contribution < 1.29 is 13.2 Å². The lowest BCUT2D eigenvalue weighted by Crippen LogP contribution is -2.19.